The third-order valence-corrected chi connectivity index (χ3v) is 5.12. The molecule has 0 aliphatic rings. The number of halogens is 1. The van der Waals surface area contributed by atoms with Crippen molar-refractivity contribution in [2.24, 2.45) is 0 Å². The van der Waals surface area contributed by atoms with Gasteiger partial charge in [-0.05, 0) is 46.1 Å². The standard InChI is InChI=1S/C19H17ClN6S/c1-19(2,3)18-21-11-14(16(22-18)15-5-4-10-27-15)17-23-24-25-26(17)13-8-6-12(20)7-9-13/h4-11H,1-3H3. The average molecular weight is 397 g/mol. The molecule has 0 saturated carbocycles. The predicted octanol–water partition coefficient (Wildman–Crippen LogP) is 4.80. The third kappa shape index (κ3) is 3.48. The van der Waals surface area contributed by atoms with E-state index in [1.54, 1.807) is 22.2 Å². The van der Waals surface area contributed by atoms with Gasteiger partial charge in [0.1, 0.15) is 5.82 Å². The van der Waals surface area contributed by atoms with Crippen molar-refractivity contribution in [3.8, 4) is 27.6 Å². The zero-order valence-corrected chi connectivity index (χ0v) is 16.7. The lowest BCUT2D eigenvalue weighted by Crippen LogP contribution is -2.16. The molecule has 6 nitrogen and oxygen atoms in total. The second-order valence-corrected chi connectivity index (χ2v) is 8.46. The van der Waals surface area contributed by atoms with Gasteiger partial charge < -0.3 is 0 Å². The van der Waals surface area contributed by atoms with Gasteiger partial charge in [0.2, 0.25) is 0 Å². The molecule has 0 amide bonds. The third-order valence-electron chi connectivity index (χ3n) is 4.00. The molecule has 1 aromatic carbocycles. The highest BCUT2D eigenvalue weighted by Crippen LogP contribution is 2.34. The number of thiophene rings is 1. The van der Waals surface area contributed by atoms with Gasteiger partial charge in [-0.1, -0.05) is 38.4 Å². The van der Waals surface area contributed by atoms with E-state index in [-0.39, 0.29) is 5.41 Å². The van der Waals surface area contributed by atoms with Crippen molar-refractivity contribution in [2.75, 3.05) is 0 Å². The Labute approximate surface area is 165 Å². The normalized spacial score (nSPS) is 11.7. The molecule has 0 N–H and O–H groups in total. The van der Waals surface area contributed by atoms with Gasteiger partial charge in [0.15, 0.2) is 5.82 Å². The summed E-state index contributed by atoms with van der Waals surface area (Å²) < 4.78 is 1.67. The second kappa shape index (κ2) is 6.83. The molecule has 0 aliphatic carbocycles. The van der Waals surface area contributed by atoms with Crippen LogP contribution in [0.2, 0.25) is 5.02 Å². The maximum absolute atomic E-state index is 6.00. The Bertz CT molecular complexity index is 1060. The lowest BCUT2D eigenvalue weighted by atomic mass is 9.95. The zero-order valence-electron chi connectivity index (χ0n) is 15.1. The Morgan fingerprint density at radius 1 is 1.07 bits per heavy atom. The fourth-order valence-corrected chi connectivity index (χ4v) is 3.47. The highest BCUT2D eigenvalue weighted by atomic mass is 35.5. The molecule has 136 valence electrons. The van der Waals surface area contributed by atoms with E-state index in [2.05, 4.69) is 41.3 Å². The van der Waals surface area contributed by atoms with Crippen LogP contribution in [0.3, 0.4) is 0 Å². The molecule has 0 spiro atoms. The van der Waals surface area contributed by atoms with Crippen molar-refractivity contribution in [1.82, 2.24) is 30.2 Å². The van der Waals surface area contributed by atoms with Crippen molar-refractivity contribution in [3.05, 3.63) is 58.8 Å². The summed E-state index contributed by atoms with van der Waals surface area (Å²) in [6.45, 7) is 6.29. The summed E-state index contributed by atoms with van der Waals surface area (Å²) in [6.07, 6.45) is 1.81. The van der Waals surface area contributed by atoms with Crippen LogP contribution in [0, 0.1) is 0 Å². The van der Waals surface area contributed by atoms with Crippen LogP contribution in [-0.4, -0.2) is 30.2 Å². The molecule has 0 bridgehead atoms. The summed E-state index contributed by atoms with van der Waals surface area (Å²) in [7, 11) is 0. The summed E-state index contributed by atoms with van der Waals surface area (Å²) in [6, 6.07) is 11.4. The van der Waals surface area contributed by atoms with Crippen LogP contribution >= 0.6 is 22.9 Å². The summed E-state index contributed by atoms with van der Waals surface area (Å²) in [4.78, 5) is 10.5. The van der Waals surface area contributed by atoms with Crippen LogP contribution < -0.4 is 0 Å². The van der Waals surface area contributed by atoms with E-state index in [4.69, 9.17) is 16.6 Å². The van der Waals surface area contributed by atoms with E-state index in [9.17, 15) is 0 Å². The zero-order chi connectivity index (χ0) is 19.0. The van der Waals surface area contributed by atoms with E-state index >= 15 is 0 Å². The molecule has 0 fully saturated rings. The molecule has 0 aliphatic heterocycles. The molecule has 0 saturated heterocycles. The molecule has 3 aromatic heterocycles. The predicted molar refractivity (Wildman–Crippen MR) is 107 cm³/mol. The lowest BCUT2D eigenvalue weighted by molar-refractivity contribution is 0.546. The van der Waals surface area contributed by atoms with Gasteiger partial charge in [0, 0.05) is 16.6 Å². The maximum atomic E-state index is 6.00. The maximum Gasteiger partial charge on any atom is 0.190 e. The Kier molecular flexibility index (Phi) is 4.49. The van der Waals surface area contributed by atoms with Gasteiger partial charge >= 0.3 is 0 Å². The molecule has 0 unspecified atom stereocenters. The smallest absolute Gasteiger partial charge is 0.190 e. The number of hydrogen-bond acceptors (Lipinski definition) is 6. The molecule has 0 radical (unpaired) electrons. The van der Waals surface area contributed by atoms with Crippen molar-refractivity contribution in [1.29, 1.82) is 0 Å². The van der Waals surface area contributed by atoms with Gasteiger partial charge in [-0.15, -0.1) is 16.4 Å². The van der Waals surface area contributed by atoms with Gasteiger partial charge in [-0.2, -0.15) is 4.68 Å². The molecular weight excluding hydrogens is 380 g/mol. The molecule has 4 aromatic rings. The number of tetrazole rings is 1. The Morgan fingerprint density at radius 3 is 2.52 bits per heavy atom. The minimum absolute atomic E-state index is 0.160. The minimum Gasteiger partial charge on any atom is -0.240 e. The van der Waals surface area contributed by atoms with E-state index in [1.807, 2.05) is 41.8 Å². The first-order chi connectivity index (χ1) is 12.9. The fourth-order valence-electron chi connectivity index (χ4n) is 2.62. The van der Waals surface area contributed by atoms with Gasteiger partial charge in [-0.3, -0.25) is 0 Å². The Hall–Kier alpha value is -2.64. The van der Waals surface area contributed by atoms with Crippen molar-refractivity contribution in [2.45, 2.75) is 26.2 Å². The van der Waals surface area contributed by atoms with Crippen LogP contribution in [-0.2, 0) is 5.41 Å². The summed E-state index contributed by atoms with van der Waals surface area (Å²) in [5.74, 6) is 1.36. The number of benzene rings is 1. The molecular formula is C19H17ClN6S. The molecule has 0 atom stereocenters. The summed E-state index contributed by atoms with van der Waals surface area (Å²) in [5.41, 5.74) is 2.27. The molecule has 27 heavy (non-hydrogen) atoms. The second-order valence-electron chi connectivity index (χ2n) is 7.07. The number of rotatable bonds is 3. The average Bonchev–Trinajstić information content (AvgIpc) is 3.33. The van der Waals surface area contributed by atoms with Crippen LogP contribution in [0.25, 0.3) is 27.6 Å². The van der Waals surface area contributed by atoms with Gasteiger partial charge in [-0.25, -0.2) is 9.97 Å². The highest BCUT2D eigenvalue weighted by molar-refractivity contribution is 7.13. The minimum atomic E-state index is -0.160. The number of nitrogens with zero attached hydrogens (tertiary/aromatic N) is 6. The number of hydrogen-bond donors (Lipinski definition) is 0. The van der Waals surface area contributed by atoms with Gasteiger partial charge in [0.25, 0.3) is 0 Å². The van der Waals surface area contributed by atoms with E-state index in [0.29, 0.717) is 10.8 Å². The van der Waals surface area contributed by atoms with E-state index < -0.39 is 0 Å². The molecule has 4 rings (SSSR count). The lowest BCUT2D eigenvalue weighted by Gasteiger charge is -2.18. The van der Waals surface area contributed by atoms with Crippen LogP contribution in [0.5, 0.6) is 0 Å². The monoisotopic (exact) mass is 396 g/mol. The first-order valence-electron chi connectivity index (χ1n) is 8.39. The SMILES string of the molecule is CC(C)(C)c1ncc(-c2nnnn2-c2ccc(Cl)cc2)c(-c2cccs2)n1. The Morgan fingerprint density at radius 2 is 1.85 bits per heavy atom. The summed E-state index contributed by atoms with van der Waals surface area (Å²) in [5, 5.41) is 14.9. The largest absolute Gasteiger partial charge is 0.240 e. The summed E-state index contributed by atoms with van der Waals surface area (Å²) >= 11 is 7.63. The first kappa shape index (κ1) is 17.8. The van der Waals surface area contributed by atoms with Crippen molar-refractivity contribution < 1.29 is 0 Å². The van der Waals surface area contributed by atoms with Crippen molar-refractivity contribution in [3.63, 3.8) is 0 Å². The van der Waals surface area contributed by atoms with E-state index in [0.717, 1.165) is 27.6 Å². The highest BCUT2D eigenvalue weighted by Gasteiger charge is 2.23. The molecule has 8 heteroatoms. The van der Waals surface area contributed by atoms with Crippen LogP contribution in [0.1, 0.15) is 26.6 Å². The van der Waals surface area contributed by atoms with Crippen LogP contribution in [0.4, 0.5) is 0 Å². The first-order valence-corrected chi connectivity index (χ1v) is 9.65. The van der Waals surface area contributed by atoms with Crippen molar-refractivity contribution >= 4 is 22.9 Å². The topological polar surface area (TPSA) is 69.4 Å². The van der Waals surface area contributed by atoms with Gasteiger partial charge in [0.05, 0.1) is 21.8 Å². The molecule has 3 heterocycles. The Balaban J connectivity index is 1.90. The quantitative estimate of drug-likeness (QED) is 0.497. The fraction of sp³-hybridized carbons (Fsp3) is 0.211. The van der Waals surface area contributed by atoms with E-state index in [1.165, 1.54) is 0 Å². The van der Waals surface area contributed by atoms with Crippen LogP contribution in [0.15, 0.2) is 48.0 Å². The number of aromatic nitrogens is 6.